The molecule has 182 valence electrons. The van der Waals surface area contributed by atoms with Crippen LogP contribution in [0.5, 0.6) is 5.75 Å². The van der Waals surface area contributed by atoms with Crippen molar-refractivity contribution < 1.29 is 24.6 Å². The maximum atomic E-state index is 12.5. The van der Waals surface area contributed by atoms with Gasteiger partial charge in [-0.1, -0.05) is 33.6 Å². The molecule has 6 N–H and O–H groups in total. The van der Waals surface area contributed by atoms with Gasteiger partial charge in [0.2, 0.25) is 5.91 Å². The van der Waals surface area contributed by atoms with Gasteiger partial charge in [-0.25, -0.2) is 0 Å². The van der Waals surface area contributed by atoms with Crippen molar-refractivity contribution in [2.24, 2.45) is 4.99 Å². The number of benzene rings is 2. The molecule has 0 spiro atoms. The Balaban J connectivity index is 0.00000408. The van der Waals surface area contributed by atoms with Crippen molar-refractivity contribution in [3.63, 3.8) is 0 Å². The third kappa shape index (κ3) is 7.51. The highest BCUT2D eigenvalue weighted by Gasteiger charge is 2.23. The molecule has 10 nitrogen and oxygen atoms in total. The van der Waals surface area contributed by atoms with Gasteiger partial charge in [0.1, 0.15) is 5.75 Å². The molecule has 0 saturated heterocycles. The van der Waals surface area contributed by atoms with Gasteiger partial charge in [-0.15, -0.1) is 12.4 Å². The molecule has 1 aliphatic rings. The first-order chi connectivity index (χ1) is 15.7. The van der Waals surface area contributed by atoms with Crippen LogP contribution in [0.4, 0.5) is 5.69 Å². The minimum Gasteiger partial charge on any atom is -0.506 e. The largest absolute Gasteiger partial charge is 0.506 e. The molecule has 0 bridgehead atoms. The number of hydrogen-bond acceptors (Lipinski definition) is 7. The van der Waals surface area contributed by atoms with Gasteiger partial charge in [0, 0.05) is 27.8 Å². The number of aliphatic carboxylic acids is 1. The summed E-state index contributed by atoms with van der Waals surface area (Å²) in [4.78, 5) is 40.4. The molecule has 0 saturated carbocycles. The number of nitrogens with one attached hydrogen (secondary N) is 4. The van der Waals surface area contributed by atoms with Gasteiger partial charge in [-0.2, -0.15) is 0 Å². The maximum Gasteiger partial charge on any atom is 0.305 e. The molecule has 13 heteroatoms. The Kier molecular flexibility index (Phi) is 9.97. The number of aromatic hydroxyl groups is 1. The van der Waals surface area contributed by atoms with Gasteiger partial charge in [0.05, 0.1) is 30.6 Å². The number of halogens is 3. The number of carbonyl (C=O) groups excluding carboxylic acids is 2. The first-order valence-electron chi connectivity index (χ1n) is 9.85. The molecule has 1 aliphatic heterocycles. The Bertz CT molecular complexity index is 1110. The zero-order valence-corrected chi connectivity index (χ0v) is 20.8. The summed E-state index contributed by atoms with van der Waals surface area (Å²) in [5.41, 5.74) is 1.12. The highest BCUT2D eigenvalue weighted by atomic mass is 79.9. The summed E-state index contributed by atoms with van der Waals surface area (Å²) in [7, 11) is 0. The minimum absolute atomic E-state index is 0. The molecule has 0 radical (unpaired) electrons. The maximum absolute atomic E-state index is 12.5. The molecule has 1 unspecified atom stereocenters. The molecule has 0 aliphatic carbocycles. The molecule has 34 heavy (non-hydrogen) atoms. The average molecular weight is 575 g/mol. The van der Waals surface area contributed by atoms with Crippen LogP contribution in [0.3, 0.4) is 0 Å². The Hall–Kier alpha value is -3.02. The van der Waals surface area contributed by atoms with Crippen molar-refractivity contribution in [1.82, 2.24) is 16.0 Å². The van der Waals surface area contributed by atoms with Crippen LogP contribution >= 0.6 is 39.9 Å². The van der Waals surface area contributed by atoms with E-state index >= 15 is 0 Å². The lowest BCUT2D eigenvalue weighted by atomic mass is 10.0. The second kappa shape index (κ2) is 12.4. The summed E-state index contributed by atoms with van der Waals surface area (Å²) in [6.45, 7) is 1.01. The van der Waals surface area contributed by atoms with Gasteiger partial charge in [-0.3, -0.25) is 19.4 Å². The number of phenols is 1. The van der Waals surface area contributed by atoms with E-state index in [1.807, 2.05) is 0 Å². The first kappa shape index (κ1) is 27.2. The Labute approximate surface area is 214 Å². The van der Waals surface area contributed by atoms with E-state index in [9.17, 15) is 24.6 Å². The smallest absolute Gasteiger partial charge is 0.305 e. The van der Waals surface area contributed by atoms with E-state index in [-0.39, 0.29) is 28.7 Å². The van der Waals surface area contributed by atoms with Gasteiger partial charge in [-0.05, 0) is 30.3 Å². The van der Waals surface area contributed by atoms with Crippen LogP contribution < -0.4 is 21.3 Å². The monoisotopic (exact) mass is 573 g/mol. The van der Waals surface area contributed by atoms with Crippen LogP contribution in [0.15, 0.2) is 45.9 Å². The van der Waals surface area contributed by atoms with Crippen molar-refractivity contribution >= 4 is 69.4 Å². The molecular weight excluding hydrogens is 553 g/mol. The zero-order valence-electron chi connectivity index (χ0n) is 17.6. The number of anilines is 1. The topological polar surface area (TPSA) is 152 Å². The molecule has 2 amide bonds. The van der Waals surface area contributed by atoms with Crippen LogP contribution in [0.1, 0.15) is 28.4 Å². The van der Waals surface area contributed by atoms with Crippen LogP contribution in [0, 0.1) is 0 Å². The van der Waals surface area contributed by atoms with Crippen LogP contribution in [-0.2, 0) is 9.59 Å². The van der Waals surface area contributed by atoms with E-state index in [1.165, 1.54) is 12.1 Å². The van der Waals surface area contributed by atoms with Gasteiger partial charge in [0.25, 0.3) is 5.91 Å². The lowest BCUT2D eigenvalue weighted by molar-refractivity contribution is -0.137. The second-order valence-corrected chi connectivity index (χ2v) is 8.41. The van der Waals surface area contributed by atoms with E-state index in [1.54, 1.807) is 24.3 Å². The highest BCUT2D eigenvalue weighted by molar-refractivity contribution is 9.10. The van der Waals surface area contributed by atoms with Gasteiger partial charge >= 0.3 is 5.97 Å². The fourth-order valence-corrected chi connectivity index (χ4v) is 3.96. The summed E-state index contributed by atoms with van der Waals surface area (Å²) >= 11 is 9.19. The number of rotatable bonds is 8. The molecule has 0 fully saturated rings. The third-order valence-electron chi connectivity index (χ3n) is 4.62. The molecular formula is C21H22BrCl2N5O5. The number of phenolic OH excluding ortho intramolecular Hbond substituents is 1. The summed E-state index contributed by atoms with van der Waals surface area (Å²) in [5.74, 6) is -2.03. The van der Waals surface area contributed by atoms with Gasteiger partial charge in [0.15, 0.2) is 5.96 Å². The molecule has 1 heterocycles. The average Bonchev–Trinajstić information content (AvgIpc) is 3.27. The van der Waals surface area contributed by atoms with Crippen molar-refractivity contribution in [1.29, 1.82) is 0 Å². The van der Waals surface area contributed by atoms with Crippen LogP contribution in [0.25, 0.3) is 0 Å². The predicted molar refractivity (Wildman–Crippen MR) is 134 cm³/mol. The number of amides is 2. The second-order valence-electron chi connectivity index (χ2n) is 7.09. The van der Waals surface area contributed by atoms with E-state index in [4.69, 9.17) is 11.6 Å². The normalized spacial score (nSPS) is 13.1. The van der Waals surface area contributed by atoms with E-state index in [2.05, 4.69) is 42.2 Å². The summed E-state index contributed by atoms with van der Waals surface area (Å²) in [5, 5.41) is 30.6. The van der Waals surface area contributed by atoms with Gasteiger partial charge < -0.3 is 31.5 Å². The van der Waals surface area contributed by atoms with Crippen LogP contribution in [-0.4, -0.2) is 53.6 Å². The van der Waals surface area contributed by atoms with E-state index in [0.717, 1.165) is 6.54 Å². The highest BCUT2D eigenvalue weighted by Crippen LogP contribution is 2.36. The van der Waals surface area contributed by atoms with Crippen molar-refractivity contribution in [3.05, 3.63) is 57.0 Å². The number of carbonyl (C=O) groups is 3. The molecule has 3 rings (SSSR count). The molecule has 1 atom stereocenters. The SMILES string of the molecule is Cl.O=C(O)CC(NC(=O)CNC(=O)c1cccc(NC2=NCCN2)c1)c1cc(Br)cc(Cl)c1O. The van der Waals surface area contributed by atoms with Crippen molar-refractivity contribution in [2.45, 2.75) is 12.5 Å². The molecule has 0 aromatic heterocycles. The predicted octanol–water partition coefficient (Wildman–Crippen LogP) is 2.66. The Morgan fingerprint density at radius 3 is 2.68 bits per heavy atom. The summed E-state index contributed by atoms with van der Waals surface area (Å²) in [6.07, 6.45) is -0.494. The first-order valence-corrected chi connectivity index (χ1v) is 11.0. The molecule has 2 aromatic carbocycles. The van der Waals surface area contributed by atoms with Crippen LogP contribution in [0.2, 0.25) is 5.02 Å². The molecule has 2 aromatic rings. The third-order valence-corrected chi connectivity index (χ3v) is 5.36. The number of guanidine groups is 1. The number of nitrogens with zero attached hydrogens (tertiary/aromatic N) is 1. The standard InChI is InChI=1S/C21H21BrClN5O5.ClH/c22-12-7-14(19(32)15(23)8-12)16(9-18(30)31)28-17(29)10-26-20(33)11-2-1-3-13(6-11)27-21-24-4-5-25-21;/h1-3,6-8,16,32H,4-5,9-10H2,(H,26,33)(H,28,29)(H,30,31)(H2,24,25,27);1H. The lowest BCUT2D eigenvalue weighted by Gasteiger charge is -2.20. The Morgan fingerprint density at radius 1 is 1.24 bits per heavy atom. The zero-order chi connectivity index (χ0) is 24.0. The number of aliphatic imine (C=N–C) groups is 1. The minimum atomic E-state index is -1.19. The van der Waals surface area contributed by atoms with Crippen molar-refractivity contribution in [3.8, 4) is 5.75 Å². The summed E-state index contributed by atoms with van der Waals surface area (Å²) < 4.78 is 0.505. The Morgan fingerprint density at radius 2 is 2.00 bits per heavy atom. The van der Waals surface area contributed by atoms with Crippen molar-refractivity contribution in [2.75, 3.05) is 25.0 Å². The number of carboxylic acid groups (broad SMARTS) is 1. The van der Waals surface area contributed by atoms with E-state index in [0.29, 0.717) is 28.2 Å². The fraction of sp³-hybridized carbons (Fsp3) is 0.238. The lowest BCUT2D eigenvalue weighted by Crippen LogP contribution is -2.39. The quantitative estimate of drug-likeness (QED) is 0.283. The number of carboxylic acids is 1. The fourth-order valence-electron chi connectivity index (χ4n) is 3.13. The number of hydrogen-bond donors (Lipinski definition) is 6. The summed E-state index contributed by atoms with van der Waals surface area (Å²) in [6, 6.07) is 8.53. The van der Waals surface area contributed by atoms with E-state index < -0.39 is 36.8 Å².